The highest BCUT2D eigenvalue weighted by Gasteiger charge is 2.05. The lowest BCUT2D eigenvalue weighted by Crippen LogP contribution is -2.17. The van der Waals surface area contributed by atoms with Gasteiger partial charge in [0.05, 0.1) is 12.8 Å². The zero-order valence-electron chi connectivity index (χ0n) is 16.0. The first kappa shape index (κ1) is 20.4. The summed E-state index contributed by atoms with van der Waals surface area (Å²) in [6, 6.07) is 21.8. The Morgan fingerprint density at radius 2 is 1.55 bits per heavy atom. The molecular weight excluding hydrogens is 388 g/mol. The minimum atomic E-state index is -0.295. The number of hydrogen-bond acceptors (Lipinski definition) is 4. The van der Waals surface area contributed by atoms with Crippen molar-refractivity contribution in [2.45, 2.75) is 13.5 Å². The van der Waals surface area contributed by atoms with Crippen molar-refractivity contribution in [2.24, 2.45) is 5.10 Å². The summed E-state index contributed by atoms with van der Waals surface area (Å²) in [5.74, 6) is 1.18. The zero-order chi connectivity index (χ0) is 20.5. The largest absolute Gasteiger partial charge is 0.494 e. The van der Waals surface area contributed by atoms with Crippen LogP contribution in [0.3, 0.4) is 0 Å². The van der Waals surface area contributed by atoms with Crippen LogP contribution in [0.15, 0.2) is 77.9 Å². The van der Waals surface area contributed by atoms with Crippen molar-refractivity contribution in [3.63, 3.8) is 0 Å². The molecule has 3 aromatic rings. The lowest BCUT2D eigenvalue weighted by molar-refractivity contribution is 0.0955. The monoisotopic (exact) mass is 408 g/mol. The first-order chi connectivity index (χ1) is 14.1. The average molecular weight is 409 g/mol. The van der Waals surface area contributed by atoms with Gasteiger partial charge in [-0.15, -0.1) is 0 Å². The molecule has 0 fully saturated rings. The summed E-state index contributed by atoms with van der Waals surface area (Å²) in [5, 5.41) is 4.68. The standard InChI is InChI=1S/C23H21ClN2O3/c1-2-28-21-11-5-17(6-12-21)15-25-26-23(27)19-7-13-22(14-8-19)29-16-18-3-9-20(24)10-4-18/h3-15H,2,16H2,1H3,(H,26,27)/b25-15+. The topological polar surface area (TPSA) is 59.9 Å². The number of benzene rings is 3. The van der Waals surface area contributed by atoms with Crippen LogP contribution in [-0.4, -0.2) is 18.7 Å². The van der Waals surface area contributed by atoms with Crippen LogP contribution >= 0.6 is 11.6 Å². The molecule has 0 radical (unpaired) electrons. The first-order valence-corrected chi connectivity index (χ1v) is 9.55. The van der Waals surface area contributed by atoms with Crippen LogP contribution in [0.25, 0.3) is 0 Å². The number of rotatable bonds is 8. The van der Waals surface area contributed by atoms with Crippen molar-refractivity contribution >= 4 is 23.7 Å². The fourth-order valence-corrected chi connectivity index (χ4v) is 2.62. The number of halogens is 1. The van der Waals surface area contributed by atoms with Crippen molar-refractivity contribution in [1.82, 2.24) is 5.43 Å². The van der Waals surface area contributed by atoms with Crippen LogP contribution in [0.5, 0.6) is 11.5 Å². The normalized spacial score (nSPS) is 10.7. The van der Waals surface area contributed by atoms with E-state index in [2.05, 4.69) is 10.5 Å². The van der Waals surface area contributed by atoms with E-state index in [9.17, 15) is 4.79 Å². The molecule has 0 atom stereocenters. The maximum absolute atomic E-state index is 12.2. The molecule has 0 aliphatic carbocycles. The molecule has 6 heteroatoms. The molecule has 0 saturated heterocycles. The van der Waals surface area contributed by atoms with Gasteiger partial charge in [-0.05, 0) is 78.7 Å². The summed E-state index contributed by atoms with van der Waals surface area (Å²) >= 11 is 5.87. The summed E-state index contributed by atoms with van der Waals surface area (Å²) in [7, 11) is 0. The van der Waals surface area contributed by atoms with E-state index in [1.54, 1.807) is 30.5 Å². The van der Waals surface area contributed by atoms with Gasteiger partial charge in [0.2, 0.25) is 0 Å². The SMILES string of the molecule is CCOc1ccc(/C=N/NC(=O)c2ccc(OCc3ccc(Cl)cc3)cc2)cc1. The number of carbonyl (C=O) groups excluding carboxylic acids is 1. The number of amides is 1. The number of ether oxygens (including phenoxy) is 2. The van der Waals surface area contributed by atoms with Gasteiger partial charge < -0.3 is 9.47 Å². The molecular formula is C23H21ClN2O3. The van der Waals surface area contributed by atoms with Crippen LogP contribution in [0, 0.1) is 0 Å². The van der Waals surface area contributed by atoms with Gasteiger partial charge in [-0.25, -0.2) is 5.43 Å². The Balaban J connectivity index is 1.49. The first-order valence-electron chi connectivity index (χ1n) is 9.17. The summed E-state index contributed by atoms with van der Waals surface area (Å²) in [6.07, 6.45) is 1.58. The average Bonchev–Trinajstić information content (AvgIpc) is 2.75. The minimum Gasteiger partial charge on any atom is -0.494 e. The summed E-state index contributed by atoms with van der Waals surface area (Å²) in [6.45, 7) is 2.98. The maximum atomic E-state index is 12.2. The van der Waals surface area contributed by atoms with Crippen molar-refractivity contribution in [2.75, 3.05) is 6.61 Å². The Bertz CT molecular complexity index is 953. The molecule has 148 valence electrons. The van der Waals surface area contributed by atoms with Gasteiger partial charge in [-0.1, -0.05) is 23.7 Å². The Morgan fingerprint density at radius 1 is 0.931 bits per heavy atom. The van der Waals surface area contributed by atoms with Gasteiger partial charge in [0.15, 0.2) is 0 Å². The van der Waals surface area contributed by atoms with Crippen LogP contribution in [0.4, 0.5) is 0 Å². The number of carbonyl (C=O) groups is 1. The third-order valence-corrected chi connectivity index (χ3v) is 4.26. The van der Waals surface area contributed by atoms with Crippen molar-refractivity contribution in [1.29, 1.82) is 0 Å². The predicted molar refractivity (Wildman–Crippen MR) is 115 cm³/mol. The highest BCUT2D eigenvalue weighted by atomic mass is 35.5. The second-order valence-corrected chi connectivity index (χ2v) is 6.58. The number of hydrazone groups is 1. The Morgan fingerprint density at radius 3 is 2.21 bits per heavy atom. The van der Waals surface area contributed by atoms with Crippen LogP contribution in [0.2, 0.25) is 5.02 Å². The Labute approximate surface area is 174 Å². The van der Waals surface area contributed by atoms with E-state index in [1.165, 1.54) is 0 Å². The predicted octanol–water partition coefficient (Wildman–Crippen LogP) is 5.08. The highest BCUT2D eigenvalue weighted by Crippen LogP contribution is 2.16. The third kappa shape index (κ3) is 6.36. The van der Waals surface area contributed by atoms with E-state index in [0.29, 0.717) is 29.5 Å². The number of nitrogens with zero attached hydrogens (tertiary/aromatic N) is 1. The van der Waals surface area contributed by atoms with E-state index < -0.39 is 0 Å². The Kier molecular flexibility index (Phi) is 7.25. The highest BCUT2D eigenvalue weighted by molar-refractivity contribution is 6.30. The molecule has 0 spiro atoms. The van der Waals surface area contributed by atoms with Gasteiger partial charge in [-0.2, -0.15) is 5.10 Å². The second kappa shape index (κ2) is 10.3. The van der Waals surface area contributed by atoms with E-state index in [-0.39, 0.29) is 5.91 Å². The minimum absolute atomic E-state index is 0.295. The van der Waals surface area contributed by atoms with Gasteiger partial charge in [-0.3, -0.25) is 4.79 Å². The summed E-state index contributed by atoms with van der Waals surface area (Å²) < 4.78 is 11.1. The molecule has 1 N–H and O–H groups in total. The van der Waals surface area contributed by atoms with E-state index >= 15 is 0 Å². The fraction of sp³-hybridized carbons (Fsp3) is 0.130. The fourth-order valence-electron chi connectivity index (χ4n) is 2.50. The molecule has 0 saturated carbocycles. The molecule has 29 heavy (non-hydrogen) atoms. The smallest absolute Gasteiger partial charge is 0.271 e. The van der Waals surface area contributed by atoms with Gasteiger partial charge in [0, 0.05) is 10.6 Å². The van der Waals surface area contributed by atoms with Crippen LogP contribution in [0.1, 0.15) is 28.4 Å². The van der Waals surface area contributed by atoms with Gasteiger partial charge in [0.25, 0.3) is 5.91 Å². The molecule has 0 unspecified atom stereocenters. The zero-order valence-corrected chi connectivity index (χ0v) is 16.7. The molecule has 1 amide bonds. The molecule has 0 bridgehead atoms. The van der Waals surface area contributed by atoms with Crippen molar-refractivity contribution in [3.8, 4) is 11.5 Å². The molecule has 0 aliphatic rings. The van der Waals surface area contributed by atoms with Gasteiger partial charge in [0.1, 0.15) is 18.1 Å². The van der Waals surface area contributed by atoms with Crippen molar-refractivity contribution in [3.05, 3.63) is 94.5 Å². The quantitative estimate of drug-likeness (QED) is 0.417. The van der Waals surface area contributed by atoms with Crippen LogP contribution in [-0.2, 0) is 6.61 Å². The maximum Gasteiger partial charge on any atom is 0.271 e. The van der Waals surface area contributed by atoms with Crippen molar-refractivity contribution < 1.29 is 14.3 Å². The molecule has 3 rings (SSSR count). The summed E-state index contributed by atoms with van der Waals surface area (Å²) in [4.78, 5) is 12.2. The molecule has 0 heterocycles. The summed E-state index contributed by atoms with van der Waals surface area (Å²) in [5.41, 5.74) is 4.88. The molecule has 0 aliphatic heterocycles. The molecule has 5 nitrogen and oxygen atoms in total. The van der Waals surface area contributed by atoms with Crippen LogP contribution < -0.4 is 14.9 Å². The van der Waals surface area contributed by atoms with E-state index in [0.717, 1.165) is 16.9 Å². The Hall–Kier alpha value is -3.31. The number of hydrogen-bond donors (Lipinski definition) is 1. The van der Waals surface area contributed by atoms with Gasteiger partial charge >= 0.3 is 0 Å². The van der Waals surface area contributed by atoms with E-state index in [4.69, 9.17) is 21.1 Å². The second-order valence-electron chi connectivity index (χ2n) is 6.14. The molecule has 3 aromatic carbocycles. The van der Waals surface area contributed by atoms with E-state index in [1.807, 2.05) is 55.5 Å². The third-order valence-electron chi connectivity index (χ3n) is 4.01. The lowest BCUT2D eigenvalue weighted by atomic mass is 10.2. The lowest BCUT2D eigenvalue weighted by Gasteiger charge is -2.07. The molecule has 0 aromatic heterocycles. The number of nitrogens with one attached hydrogen (secondary N) is 1.